The van der Waals surface area contributed by atoms with E-state index in [1.165, 1.54) is 13.3 Å². The predicted molar refractivity (Wildman–Crippen MR) is 130 cm³/mol. The Morgan fingerprint density at radius 3 is 2.74 bits per heavy atom. The first-order valence-electron chi connectivity index (χ1n) is 10.6. The number of methoxy groups -OCH3 is 1. The molecule has 2 aliphatic heterocycles. The zero-order chi connectivity index (χ0) is 23.8. The van der Waals surface area contributed by atoms with E-state index in [-0.39, 0.29) is 30.3 Å². The normalized spacial score (nSPS) is 23.5. The van der Waals surface area contributed by atoms with E-state index >= 15 is 0 Å². The summed E-state index contributed by atoms with van der Waals surface area (Å²) >= 11 is 9.62. The Labute approximate surface area is 209 Å². The number of hydrogen-bond donors (Lipinski definition) is 2. The maximum Gasteiger partial charge on any atom is 0.217 e. The number of halogens is 2. The molecule has 0 aliphatic carbocycles. The first-order chi connectivity index (χ1) is 16.4. The predicted octanol–water partition coefficient (Wildman–Crippen LogP) is 3.85. The van der Waals surface area contributed by atoms with Crippen LogP contribution in [-0.2, 0) is 14.3 Å². The number of fused-ring (bicyclic) bond motifs is 2. The Kier molecular flexibility index (Phi) is 6.48. The van der Waals surface area contributed by atoms with E-state index in [0.29, 0.717) is 41.1 Å². The number of amides is 1. The lowest BCUT2D eigenvalue weighted by Crippen LogP contribution is -2.43. The van der Waals surface area contributed by atoms with Gasteiger partial charge in [0.05, 0.1) is 36.9 Å². The second-order valence-corrected chi connectivity index (χ2v) is 9.32. The Bertz CT molecular complexity index is 1250. The van der Waals surface area contributed by atoms with E-state index in [0.717, 1.165) is 15.5 Å². The van der Waals surface area contributed by atoms with Gasteiger partial charge in [0.1, 0.15) is 24.4 Å². The molecule has 1 amide bonds. The van der Waals surface area contributed by atoms with Crippen LogP contribution in [0, 0.1) is 0 Å². The van der Waals surface area contributed by atoms with Crippen molar-refractivity contribution in [2.75, 3.05) is 25.6 Å². The monoisotopic (exact) mass is 548 g/mol. The van der Waals surface area contributed by atoms with E-state index in [1.54, 1.807) is 13.2 Å². The molecule has 34 heavy (non-hydrogen) atoms. The summed E-state index contributed by atoms with van der Waals surface area (Å²) in [5.41, 5.74) is 1.46. The van der Waals surface area contributed by atoms with Gasteiger partial charge in [-0.15, -0.1) is 0 Å². The first-order valence-corrected chi connectivity index (χ1v) is 11.8. The van der Waals surface area contributed by atoms with E-state index in [9.17, 15) is 4.79 Å². The Balaban J connectivity index is 1.40. The summed E-state index contributed by atoms with van der Waals surface area (Å²) in [7, 11) is 1.58. The molecule has 11 heteroatoms. The lowest BCUT2D eigenvalue weighted by atomic mass is 10.1. The lowest BCUT2D eigenvalue weighted by molar-refractivity contribution is -0.120. The summed E-state index contributed by atoms with van der Waals surface area (Å²) in [6.45, 7) is 2.20. The molecule has 3 aromatic rings. The van der Waals surface area contributed by atoms with Crippen LogP contribution in [0.4, 0.5) is 11.5 Å². The molecular weight excluding hydrogens is 528 g/mol. The summed E-state index contributed by atoms with van der Waals surface area (Å²) in [6, 6.07) is 9.01. The van der Waals surface area contributed by atoms with Gasteiger partial charge in [-0.2, -0.15) is 0 Å². The maximum absolute atomic E-state index is 11.4. The average Bonchev–Trinajstić information content (AvgIpc) is 3.39. The van der Waals surface area contributed by atoms with Crippen molar-refractivity contribution in [2.45, 2.75) is 31.3 Å². The van der Waals surface area contributed by atoms with Crippen LogP contribution in [-0.4, -0.2) is 60.6 Å². The zero-order valence-corrected chi connectivity index (χ0v) is 20.7. The van der Waals surface area contributed by atoms with Crippen molar-refractivity contribution in [3.8, 4) is 11.5 Å². The molecule has 3 heterocycles. The molecule has 2 N–H and O–H groups in total. The summed E-state index contributed by atoms with van der Waals surface area (Å²) in [6.07, 6.45) is 0.589. The van der Waals surface area contributed by atoms with Gasteiger partial charge in [0, 0.05) is 28.5 Å². The molecule has 2 aliphatic rings. The molecule has 9 nitrogen and oxygen atoms in total. The standard InChI is InChI=1S/C23H22BrClN4O5/c1-11(30)28-17-8-32-22-20(9-33-21(17)22)34-19-7-16-13(6-18(19)31-2)23(27-10-26-16)29-12-3-4-14(24)15(25)5-12/h3-7,10,17,20-22H,8-9H2,1-2H3,(H,28,30)(H,26,27,29)/t17-,20?,21+,22+/m1/s1. The van der Waals surface area contributed by atoms with Crippen LogP contribution in [0.15, 0.2) is 41.1 Å². The third-order valence-electron chi connectivity index (χ3n) is 5.78. The molecular formula is C23H22BrClN4O5. The zero-order valence-electron chi connectivity index (χ0n) is 18.4. The van der Waals surface area contributed by atoms with E-state index in [1.807, 2.05) is 24.3 Å². The van der Waals surface area contributed by atoms with Crippen LogP contribution in [0.3, 0.4) is 0 Å². The fourth-order valence-corrected chi connectivity index (χ4v) is 4.67. The third-order valence-corrected chi connectivity index (χ3v) is 7.01. The number of anilines is 2. The molecule has 1 unspecified atom stereocenters. The Morgan fingerprint density at radius 2 is 1.97 bits per heavy atom. The molecule has 1 aromatic heterocycles. The quantitative estimate of drug-likeness (QED) is 0.478. The molecule has 0 bridgehead atoms. The number of rotatable bonds is 6. The number of hydrogen-bond acceptors (Lipinski definition) is 8. The topological polar surface area (TPSA) is 104 Å². The number of benzene rings is 2. The smallest absolute Gasteiger partial charge is 0.217 e. The maximum atomic E-state index is 11.4. The second kappa shape index (κ2) is 9.53. The number of carbonyl (C=O) groups excluding carboxylic acids is 1. The summed E-state index contributed by atoms with van der Waals surface area (Å²) in [5.74, 6) is 1.54. The highest BCUT2D eigenvalue weighted by Crippen LogP contribution is 2.38. The van der Waals surface area contributed by atoms with Crippen LogP contribution in [0.2, 0.25) is 5.02 Å². The molecule has 2 fully saturated rings. The minimum Gasteiger partial charge on any atom is -0.493 e. The van der Waals surface area contributed by atoms with Gasteiger partial charge < -0.3 is 29.6 Å². The van der Waals surface area contributed by atoms with Crippen molar-refractivity contribution in [1.29, 1.82) is 0 Å². The van der Waals surface area contributed by atoms with Gasteiger partial charge in [-0.3, -0.25) is 4.79 Å². The number of nitrogens with zero attached hydrogens (tertiary/aromatic N) is 2. The first kappa shape index (κ1) is 23.1. The Hall–Kier alpha value is -2.66. The van der Waals surface area contributed by atoms with Crippen LogP contribution in [0.5, 0.6) is 11.5 Å². The molecule has 178 valence electrons. The van der Waals surface area contributed by atoms with Crippen molar-refractivity contribution >= 4 is 55.8 Å². The minimum atomic E-state index is -0.348. The summed E-state index contributed by atoms with van der Waals surface area (Å²) in [5, 5.41) is 7.50. The number of nitrogens with one attached hydrogen (secondary N) is 2. The van der Waals surface area contributed by atoms with Gasteiger partial charge in [0.15, 0.2) is 17.6 Å². The highest BCUT2D eigenvalue weighted by molar-refractivity contribution is 9.10. The van der Waals surface area contributed by atoms with Crippen molar-refractivity contribution in [1.82, 2.24) is 15.3 Å². The van der Waals surface area contributed by atoms with Gasteiger partial charge >= 0.3 is 0 Å². The van der Waals surface area contributed by atoms with Crippen LogP contribution in [0.1, 0.15) is 6.92 Å². The SMILES string of the molecule is COc1cc2c(Nc3ccc(Br)c(Cl)c3)ncnc2cc1OC1CO[C@H]2[C@H](NC(C)=O)CO[C@@H]12. The molecule has 0 saturated carbocycles. The van der Waals surface area contributed by atoms with E-state index < -0.39 is 0 Å². The number of ether oxygens (including phenoxy) is 4. The largest absolute Gasteiger partial charge is 0.493 e. The van der Waals surface area contributed by atoms with Gasteiger partial charge in [-0.25, -0.2) is 9.97 Å². The van der Waals surface area contributed by atoms with Crippen LogP contribution < -0.4 is 20.1 Å². The summed E-state index contributed by atoms with van der Waals surface area (Å²) in [4.78, 5) is 20.2. The van der Waals surface area contributed by atoms with Crippen molar-refractivity contribution in [2.24, 2.45) is 0 Å². The molecule has 5 rings (SSSR count). The van der Waals surface area contributed by atoms with Gasteiger partial charge in [0.2, 0.25) is 5.91 Å². The molecule has 4 atom stereocenters. The van der Waals surface area contributed by atoms with Crippen molar-refractivity contribution < 1.29 is 23.7 Å². The average molecular weight is 550 g/mol. The van der Waals surface area contributed by atoms with Gasteiger partial charge in [-0.05, 0) is 40.2 Å². The van der Waals surface area contributed by atoms with E-state index in [2.05, 4.69) is 36.5 Å². The van der Waals surface area contributed by atoms with Crippen LogP contribution >= 0.6 is 27.5 Å². The molecule has 2 saturated heterocycles. The molecule has 2 aromatic carbocycles. The lowest BCUT2D eigenvalue weighted by Gasteiger charge is -2.20. The van der Waals surface area contributed by atoms with Crippen LogP contribution in [0.25, 0.3) is 10.9 Å². The highest BCUT2D eigenvalue weighted by atomic mass is 79.9. The van der Waals surface area contributed by atoms with Gasteiger partial charge in [0.25, 0.3) is 0 Å². The van der Waals surface area contributed by atoms with Crippen molar-refractivity contribution in [3.63, 3.8) is 0 Å². The summed E-state index contributed by atoms with van der Waals surface area (Å²) < 4.78 is 24.5. The number of aromatic nitrogens is 2. The Morgan fingerprint density at radius 1 is 1.15 bits per heavy atom. The second-order valence-electron chi connectivity index (χ2n) is 8.06. The number of carbonyl (C=O) groups is 1. The highest BCUT2D eigenvalue weighted by Gasteiger charge is 2.49. The fourth-order valence-electron chi connectivity index (χ4n) is 4.24. The minimum absolute atomic E-state index is 0.118. The third kappa shape index (κ3) is 4.50. The van der Waals surface area contributed by atoms with Crippen molar-refractivity contribution in [3.05, 3.63) is 46.2 Å². The molecule has 0 radical (unpaired) electrons. The van der Waals surface area contributed by atoms with Gasteiger partial charge in [-0.1, -0.05) is 11.6 Å². The van der Waals surface area contributed by atoms with E-state index in [4.69, 9.17) is 30.5 Å². The molecule has 0 spiro atoms. The fraction of sp³-hybridized carbons (Fsp3) is 0.348.